The zero-order valence-electron chi connectivity index (χ0n) is 21.2. The number of nitrogens with zero attached hydrogens (tertiary/aromatic N) is 2. The summed E-state index contributed by atoms with van der Waals surface area (Å²) in [6, 6.07) is 15.8. The topological polar surface area (TPSA) is 102 Å². The Morgan fingerprint density at radius 1 is 1.03 bits per heavy atom. The Morgan fingerprint density at radius 3 is 2.46 bits per heavy atom. The fourth-order valence-electron chi connectivity index (χ4n) is 4.73. The number of rotatable bonds is 7. The van der Waals surface area contributed by atoms with Gasteiger partial charge < -0.3 is 4.52 Å². The fourth-order valence-corrected chi connectivity index (χ4v) is 6.01. The van der Waals surface area contributed by atoms with Crippen molar-refractivity contribution in [2.45, 2.75) is 57.8 Å². The Balaban J connectivity index is 1.47. The molecule has 0 saturated carbocycles. The Labute approximate surface area is 217 Å². The summed E-state index contributed by atoms with van der Waals surface area (Å²) in [4.78, 5) is 18.4. The van der Waals surface area contributed by atoms with Gasteiger partial charge in [-0.1, -0.05) is 54.5 Å². The summed E-state index contributed by atoms with van der Waals surface area (Å²) in [7, 11) is -3.95. The molecule has 2 aromatic carbocycles. The van der Waals surface area contributed by atoms with E-state index in [4.69, 9.17) is 9.51 Å². The van der Waals surface area contributed by atoms with E-state index >= 15 is 0 Å². The van der Waals surface area contributed by atoms with Crippen LogP contribution in [0.2, 0.25) is 0 Å². The van der Waals surface area contributed by atoms with Crippen molar-refractivity contribution in [3.63, 3.8) is 0 Å². The number of sulfonamides is 1. The number of nitrogens with one attached hydrogen (secondary N) is 1. The van der Waals surface area contributed by atoms with Crippen LogP contribution < -0.4 is 4.72 Å². The zero-order valence-corrected chi connectivity index (χ0v) is 22.0. The summed E-state index contributed by atoms with van der Waals surface area (Å²) < 4.78 is 34.2. The van der Waals surface area contributed by atoms with Gasteiger partial charge >= 0.3 is 0 Å². The summed E-state index contributed by atoms with van der Waals surface area (Å²) in [6.07, 6.45) is 4.72. The van der Waals surface area contributed by atoms with Crippen molar-refractivity contribution >= 4 is 21.7 Å². The number of hydrogen-bond donors (Lipinski definition) is 1. The molecule has 4 aromatic rings. The fraction of sp³-hybridized carbons (Fsp3) is 0.276. The molecule has 0 radical (unpaired) electrons. The Hall–Kier alpha value is -3.78. The summed E-state index contributed by atoms with van der Waals surface area (Å²) in [5.74, 6) is 0.0703. The molecule has 37 heavy (non-hydrogen) atoms. The van der Waals surface area contributed by atoms with Crippen molar-refractivity contribution in [2.24, 2.45) is 0 Å². The molecule has 1 N–H and O–H groups in total. The van der Waals surface area contributed by atoms with Gasteiger partial charge in [0.25, 0.3) is 10.0 Å². The summed E-state index contributed by atoms with van der Waals surface area (Å²) in [5.41, 5.74) is 6.82. The van der Waals surface area contributed by atoms with Gasteiger partial charge in [-0.15, -0.1) is 0 Å². The average Bonchev–Trinajstić information content (AvgIpc) is 3.23. The van der Waals surface area contributed by atoms with Crippen LogP contribution in [0, 0.1) is 13.8 Å². The van der Waals surface area contributed by atoms with Crippen LogP contribution >= 0.6 is 0 Å². The summed E-state index contributed by atoms with van der Waals surface area (Å²) in [5, 5.41) is 3.83. The number of pyridine rings is 1. The van der Waals surface area contributed by atoms with E-state index in [-0.39, 0.29) is 16.6 Å². The molecule has 1 aliphatic carbocycles. The third-order valence-electron chi connectivity index (χ3n) is 6.98. The van der Waals surface area contributed by atoms with E-state index in [0.717, 1.165) is 54.6 Å². The largest absolute Gasteiger partial charge is 0.337 e. The Bertz CT molecular complexity index is 1590. The standard InChI is InChI=1S/C29H29N3O4S/c1-4-22-17-25(24-10-5-7-11-26(24)30-22)28(33)21-15-13-20(14-16-21)23-9-6-8-12-27(23)37(34,35)32-29-18(2)19(3)31-36-29/h6,8-9,12-17,32H,4-5,7,10-11H2,1-3H3. The summed E-state index contributed by atoms with van der Waals surface area (Å²) >= 11 is 0. The van der Waals surface area contributed by atoms with E-state index in [1.165, 1.54) is 0 Å². The molecule has 0 bridgehead atoms. The zero-order chi connectivity index (χ0) is 26.2. The quantitative estimate of drug-likeness (QED) is 0.311. The molecule has 7 nitrogen and oxygen atoms in total. The molecule has 1 aliphatic rings. The van der Waals surface area contributed by atoms with Gasteiger partial charge in [-0.2, -0.15) is 0 Å². The SMILES string of the molecule is CCc1cc(C(=O)c2ccc(-c3ccccc3S(=O)(=O)Nc3onc(C)c3C)cc2)c2c(n1)CCCC2. The van der Waals surface area contributed by atoms with Crippen molar-refractivity contribution in [3.8, 4) is 11.1 Å². The van der Waals surface area contributed by atoms with Crippen LogP contribution in [0.25, 0.3) is 11.1 Å². The highest BCUT2D eigenvalue weighted by molar-refractivity contribution is 7.92. The molecule has 8 heteroatoms. The molecule has 2 aromatic heterocycles. The maximum absolute atomic E-state index is 13.5. The van der Waals surface area contributed by atoms with Crippen LogP contribution in [0.3, 0.4) is 0 Å². The van der Waals surface area contributed by atoms with Crippen LogP contribution in [0.4, 0.5) is 5.88 Å². The van der Waals surface area contributed by atoms with E-state index in [0.29, 0.717) is 27.9 Å². The maximum atomic E-state index is 13.5. The van der Waals surface area contributed by atoms with Crippen LogP contribution in [0.15, 0.2) is 64.0 Å². The van der Waals surface area contributed by atoms with Gasteiger partial charge in [-0.05, 0) is 69.2 Å². The number of anilines is 1. The number of carbonyl (C=O) groups excluding carboxylic acids is 1. The molecular formula is C29H29N3O4S. The van der Waals surface area contributed by atoms with E-state index in [2.05, 4.69) is 9.88 Å². The monoisotopic (exact) mass is 515 g/mol. The minimum absolute atomic E-state index is 0.0273. The first kappa shape index (κ1) is 24.9. The highest BCUT2D eigenvalue weighted by Gasteiger charge is 2.24. The molecule has 0 spiro atoms. The highest BCUT2D eigenvalue weighted by Crippen LogP contribution is 2.31. The lowest BCUT2D eigenvalue weighted by atomic mass is 9.88. The van der Waals surface area contributed by atoms with E-state index in [1.54, 1.807) is 62.4 Å². The molecule has 2 heterocycles. The minimum Gasteiger partial charge on any atom is -0.337 e. The number of aromatic nitrogens is 2. The van der Waals surface area contributed by atoms with Crippen molar-refractivity contribution in [3.05, 3.63) is 93.9 Å². The second-order valence-electron chi connectivity index (χ2n) is 9.38. The van der Waals surface area contributed by atoms with Crippen LogP contribution in [0.5, 0.6) is 0 Å². The molecule has 0 atom stereocenters. The summed E-state index contributed by atoms with van der Waals surface area (Å²) in [6.45, 7) is 5.54. The second kappa shape index (κ2) is 9.94. The highest BCUT2D eigenvalue weighted by atomic mass is 32.2. The number of aryl methyl sites for hydroxylation is 3. The lowest BCUT2D eigenvalue weighted by molar-refractivity contribution is 0.103. The number of benzene rings is 2. The third-order valence-corrected chi connectivity index (χ3v) is 8.37. The number of hydrogen-bond acceptors (Lipinski definition) is 6. The number of carbonyl (C=O) groups is 1. The van der Waals surface area contributed by atoms with E-state index in [9.17, 15) is 13.2 Å². The lowest BCUT2D eigenvalue weighted by Gasteiger charge is -2.19. The predicted molar refractivity (Wildman–Crippen MR) is 142 cm³/mol. The molecule has 0 saturated heterocycles. The molecule has 0 amide bonds. The predicted octanol–water partition coefficient (Wildman–Crippen LogP) is 5.83. The Kier molecular flexibility index (Phi) is 6.69. The molecule has 0 aliphatic heterocycles. The molecule has 0 fully saturated rings. The maximum Gasteiger partial charge on any atom is 0.264 e. The lowest BCUT2D eigenvalue weighted by Crippen LogP contribution is -2.15. The first-order valence-electron chi connectivity index (χ1n) is 12.5. The molecule has 0 unspecified atom stereocenters. The van der Waals surface area contributed by atoms with Gasteiger partial charge in [-0.3, -0.25) is 9.78 Å². The first-order chi connectivity index (χ1) is 17.8. The number of fused-ring (bicyclic) bond motifs is 1. The second-order valence-corrected chi connectivity index (χ2v) is 11.0. The van der Waals surface area contributed by atoms with Crippen molar-refractivity contribution in [2.75, 3.05) is 4.72 Å². The van der Waals surface area contributed by atoms with Crippen LogP contribution in [-0.4, -0.2) is 24.3 Å². The van der Waals surface area contributed by atoms with Crippen LogP contribution in [-0.2, 0) is 29.3 Å². The van der Waals surface area contributed by atoms with Gasteiger partial charge in [0.15, 0.2) is 5.78 Å². The molecular weight excluding hydrogens is 486 g/mol. The van der Waals surface area contributed by atoms with E-state index < -0.39 is 10.0 Å². The molecule has 190 valence electrons. The van der Waals surface area contributed by atoms with Gasteiger partial charge in [0.1, 0.15) is 0 Å². The minimum atomic E-state index is -3.95. The third kappa shape index (κ3) is 4.81. The van der Waals surface area contributed by atoms with Gasteiger partial charge in [-0.25, -0.2) is 13.1 Å². The normalized spacial score (nSPS) is 13.3. The van der Waals surface area contributed by atoms with Gasteiger partial charge in [0, 0.05) is 33.6 Å². The van der Waals surface area contributed by atoms with Crippen molar-refractivity contribution < 1.29 is 17.7 Å². The molecule has 5 rings (SSSR count). The number of ketones is 1. The van der Waals surface area contributed by atoms with Gasteiger partial charge in [0.2, 0.25) is 5.88 Å². The van der Waals surface area contributed by atoms with Crippen molar-refractivity contribution in [1.29, 1.82) is 0 Å². The van der Waals surface area contributed by atoms with Crippen LogP contribution in [0.1, 0.15) is 63.9 Å². The smallest absolute Gasteiger partial charge is 0.264 e. The van der Waals surface area contributed by atoms with Crippen molar-refractivity contribution in [1.82, 2.24) is 10.1 Å². The first-order valence-corrected chi connectivity index (χ1v) is 14.0. The van der Waals surface area contributed by atoms with Gasteiger partial charge in [0.05, 0.1) is 10.6 Å². The average molecular weight is 516 g/mol. The van der Waals surface area contributed by atoms with E-state index in [1.807, 2.05) is 13.0 Å². The Morgan fingerprint density at radius 2 is 1.76 bits per heavy atom.